The van der Waals surface area contributed by atoms with Gasteiger partial charge in [-0.05, 0) is 18.9 Å². The minimum atomic E-state index is -0.00436. The minimum Gasteiger partial charge on any atom is -0.378 e. The number of hydrogen-bond donors (Lipinski definition) is 1. The van der Waals surface area contributed by atoms with Crippen LogP contribution in [0.25, 0.3) is 5.82 Å². The van der Waals surface area contributed by atoms with Gasteiger partial charge in [0.15, 0.2) is 5.82 Å². The van der Waals surface area contributed by atoms with Gasteiger partial charge in [0.05, 0.1) is 12.5 Å². The zero-order chi connectivity index (χ0) is 14.5. The second-order valence-electron chi connectivity index (χ2n) is 4.94. The summed E-state index contributed by atoms with van der Waals surface area (Å²) in [5.41, 5.74) is 0.892. The summed E-state index contributed by atoms with van der Waals surface area (Å²) in [6, 6.07) is 3.75. The van der Waals surface area contributed by atoms with Crippen molar-refractivity contribution in [1.29, 1.82) is 0 Å². The number of nitrogens with zero attached hydrogens (tertiary/aromatic N) is 4. The van der Waals surface area contributed by atoms with Gasteiger partial charge < -0.3 is 10.1 Å². The Labute approximate surface area is 122 Å². The van der Waals surface area contributed by atoms with E-state index in [0.29, 0.717) is 18.8 Å². The molecule has 0 bridgehead atoms. The molecule has 0 aliphatic carbocycles. The molecule has 2 aromatic rings. The Hall–Kier alpha value is -2.28. The summed E-state index contributed by atoms with van der Waals surface area (Å²) in [7, 11) is 0. The van der Waals surface area contributed by atoms with Gasteiger partial charge in [-0.3, -0.25) is 4.79 Å². The van der Waals surface area contributed by atoms with Crippen molar-refractivity contribution in [3.8, 4) is 5.82 Å². The van der Waals surface area contributed by atoms with Gasteiger partial charge in [-0.1, -0.05) is 6.07 Å². The van der Waals surface area contributed by atoms with Gasteiger partial charge in [0, 0.05) is 24.9 Å². The van der Waals surface area contributed by atoms with Gasteiger partial charge >= 0.3 is 0 Å². The molecule has 0 saturated carbocycles. The Kier molecular flexibility index (Phi) is 4.20. The van der Waals surface area contributed by atoms with E-state index in [1.807, 2.05) is 12.1 Å². The normalized spacial score (nSPS) is 17.8. The number of pyridine rings is 1. The Balaban J connectivity index is 1.61. The van der Waals surface area contributed by atoms with Crippen LogP contribution >= 0.6 is 0 Å². The fraction of sp³-hybridized carbons (Fsp3) is 0.429. The van der Waals surface area contributed by atoms with E-state index in [9.17, 15) is 4.79 Å². The molecular weight excluding hydrogens is 270 g/mol. The van der Waals surface area contributed by atoms with E-state index < -0.39 is 0 Å². The largest absolute Gasteiger partial charge is 0.378 e. The van der Waals surface area contributed by atoms with Crippen LogP contribution in [0.5, 0.6) is 0 Å². The lowest BCUT2D eigenvalue weighted by Crippen LogP contribution is -2.27. The average Bonchev–Trinajstić information content (AvgIpc) is 3.18. The summed E-state index contributed by atoms with van der Waals surface area (Å²) in [5, 5.41) is 6.98. The van der Waals surface area contributed by atoms with Gasteiger partial charge in [0.25, 0.3) is 0 Å². The van der Waals surface area contributed by atoms with Gasteiger partial charge in [-0.25, -0.2) is 14.6 Å². The van der Waals surface area contributed by atoms with E-state index in [1.54, 1.807) is 17.2 Å². The minimum absolute atomic E-state index is 0.00436. The first kappa shape index (κ1) is 13.7. The van der Waals surface area contributed by atoms with Crippen LogP contribution in [-0.4, -0.2) is 38.4 Å². The van der Waals surface area contributed by atoms with Crippen LogP contribution in [0, 0.1) is 0 Å². The van der Waals surface area contributed by atoms with Crippen LogP contribution in [0.3, 0.4) is 0 Å². The van der Waals surface area contributed by atoms with Crippen LogP contribution in [0.2, 0.25) is 0 Å². The monoisotopic (exact) mass is 287 g/mol. The lowest BCUT2D eigenvalue weighted by atomic mass is 10.1. The number of carbonyl (C=O) groups excluding carboxylic acids is 1. The first-order valence-electron chi connectivity index (χ1n) is 7.00. The molecule has 0 radical (unpaired) electrons. The number of nitrogens with one attached hydrogen (secondary N) is 1. The molecule has 3 heterocycles. The maximum atomic E-state index is 11.9. The number of amides is 1. The van der Waals surface area contributed by atoms with Crippen molar-refractivity contribution in [2.24, 2.45) is 0 Å². The molecule has 21 heavy (non-hydrogen) atoms. The highest BCUT2D eigenvalue weighted by Crippen LogP contribution is 2.15. The number of carbonyl (C=O) groups is 1. The molecule has 1 amide bonds. The van der Waals surface area contributed by atoms with Gasteiger partial charge in [-0.15, -0.1) is 0 Å². The highest BCUT2D eigenvalue weighted by molar-refractivity contribution is 5.76. The lowest BCUT2D eigenvalue weighted by molar-refractivity contribution is -0.123. The maximum Gasteiger partial charge on any atom is 0.222 e. The maximum absolute atomic E-state index is 11.9. The fourth-order valence-electron chi connectivity index (χ4n) is 2.37. The van der Waals surface area contributed by atoms with Crippen LogP contribution in [0.15, 0.2) is 31.0 Å². The third kappa shape index (κ3) is 3.43. The topological polar surface area (TPSA) is 81.9 Å². The first-order valence-corrected chi connectivity index (χ1v) is 7.00. The van der Waals surface area contributed by atoms with Crippen molar-refractivity contribution in [2.75, 3.05) is 6.61 Å². The molecule has 1 fully saturated rings. The fourth-order valence-corrected chi connectivity index (χ4v) is 2.37. The average molecular weight is 287 g/mol. The highest BCUT2D eigenvalue weighted by Gasteiger charge is 2.19. The number of rotatable bonds is 5. The molecule has 1 aliphatic heterocycles. The standard InChI is InChI=1S/C14H17N5O2/c20-13(7-12-4-2-6-21-12)17-8-11-3-1-5-16-14(11)19-10-15-9-18-19/h1,3,5,9-10,12H,2,4,6-8H2,(H,17,20). The van der Waals surface area contributed by atoms with Crippen LogP contribution in [0.4, 0.5) is 0 Å². The molecule has 1 unspecified atom stereocenters. The SMILES string of the molecule is O=C(CC1CCCO1)NCc1cccnc1-n1cncn1. The third-order valence-corrected chi connectivity index (χ3v) is 3.42. The highest BCUT2D eigenvalue weighted by atomic mass is 16.5. The van der Waals surface area contributed by atoms with E-state index in [1.165, 1.54) is 6.33 Å². The van der Waals surface area contributed by atoms with Crippen molar-refractivity contribution in [3.05, 3.63) is 36.5 Å². The second kappa shape index (κ2) is 6.45. The molecule has 7 heteroatoms. The van der Waals surface area contributed by atoms with Gasteiger partial charge in [0.2, 0.25) is 5.91 Å². The Morgan fingerprint density at radius 2 is 2.48 bits per heavy atom. The summed E-state index contributed by atoms with van der Waals surface area (Å²) in [4.78, 5) is 20.1. The zero-order valence-electron chi connectivity index (χ0n) is 11.6. The number of ether oxygens (including phenoxy) is 1. The smallest absolute Gasteiger partial charge is 0.222 e. The predicted octanol–water partition coefficient (Wildman–Crippen LogP) is 0.848. The summed E-state index contributed by atoms with van der Waals surface area (Å²) >= 11 is 0. The summed E-state index contributed by atoms with van der Waals surface area (Å²) in [6.45, 7) is 1.17. The summed E-state index contributed by atoms with van der Waals surface area (Å²) in [5.74, 6) is 0.669. The molecule has 1 saturated heterocycles. The Bertz CT molecular complexity index is 593. The van der Waals surface area contributed by atoms with E-state index in [2.05, 4.69) is 20.4 Å². The van der Waals surface area contributed by atoms with Gasteiger partial charge in [-0.2, -0.15) is 5.10 Å². The Morgan fingerprint density at radius 1 is 1.52 bits per heavy atom. The van der Waals surface area contributed by atoms with Crippen LogP contribution in [0.1, 0.15) is 24.8 Å². The van der Waals surface area contributed by atoms with Crippen LogP contribution < -0.4 is 5.32 Å². The number of hydrogen-bond acceptors (Lipinski definition) is 5. The molecule has 110 valence electrons. The lowest BCUT2D eigenvalue weighted by Gasteiger charge is -2.11. The molecule has 3 rings (SSSR count). The van der Waals surface area contributed by atoms with Crippen molar-refractivity contribution < 1.29 is 9.53 Å². The van der Waals surface area contributed by atoms with Crippen molar-refractivity contribution in [1.82, 2.24) is 25.1 Å². The second-order valence-corrected chi connectivity index (χ2v) is 4.94. The van der Waals surface area contributed by atoms with E-state index in [4.69, 9.17) is 4.74 Å². The van der Waals surface area contributed by atoms with Crippen molar-refractivity contribution >= 4 is 5.91 Å². The van der Waals surface area contributed by atoms with Crippen LogP contribution in [-0.2, 0) is 16.1 Å². The molecular formula is C14H17N5O2. The molecule has 1 aliphatic rings. The van der Waals surface area contributed by atoms with E-state index in [0.717, 1.165) is 25.0 Å². The third-order valence-electron chi connectivity index (χ3n) is 3.42. The van der Waals surface area contributed by atoms with Crippen molar-refractivity contribution in [2.45, 2.75) is 31.9 Å². The molecule has 0 spiro atoms. The zero-order valence-corrected chi connectivity index (χ0v) is 11.6. The first-order chi connectivity index (χ1) is 10.3. The van der Waals surface area contributed by atoms with E-state index >= 15 is 0 Å². The molecule has 2 aromatic heterocycles. The summed E-state index contributed by atoms with van der Waals surface area (Å²) < 4.78 is 7.05. The van der Waals surface area contributed by atoms with Gasteiger partial charge in [0.1, 0.15) is 12.7 Å². The molecule has 1 atom stereocenters. The Morgan fingerprint density at radius 3 is 3.24 bits per heavy atom. The molecule has 1 N–H and O–H groups in total. The molecule has 7 nitrogen and oxygen atoms in total. The van der Waals surface area contributed by atoms with Crippen molar-refractivity contribution in [3.63, 3.8) is 0 Å². The van der Waals surface area contributed by atoms with E-state index in [-0.39, 0.29) is 12.0 Å². The quantitative estimate of drug-likeness (QED) is 0.881. The summed E-state index contributed by atoms with van der Waals surface area (Å²) in [6.07, 6.45) is 7.21. The number of aromatic nitrogens is 4. The predicted molar refractivity (Wildman–Crippen MR) is 74.6 cm³/mol. The molecule has 0 aromatic carbocycles.